The van der Waals surface area contributed by atoms with Crippen molar-refractivity contribution >= 4 is 27.5 Å². The van der Waals surface area contributed by atoms with E-state index in [4.69, 9.17) is 11.6 Å². The van der Waals surface area contributed by atoms with Crippen LogP contribution in [0.1, 0.15) is 26.0 Å². The zero-order chi connectivity index (χ0) is 10.7. The van der Waals surface area contributed by atoms with Gasteiger partial charge in [-0.2, -0.15) is 5.10 Å². The van der Waals surface area contributed by atoms with E-state index in [9.17, 15) is 0 Å². The molecule has 1 aromatic rings. The van der Waals surface area contributed by atoms with Crippen LogP contribution in [0.2, 0.25) is 5.02 Å². The minimum atomic E-state index is 0.550. The van der Waals surface area contributed by atoms with Crippen LogP contribution in [0.5, 0.6) is 0 Å². The number of alkyl halides is 1. The molecule has 0 amide bonds. The lowest BCUT2D eigenvalue weighted by molar-refractivity contribution is 0.568. The van der Waals surface area contributed by atoms with Crippen molar-refractivity contribution in [1.82, 2.24) is 9.78 Å². The Balaban J connectivity index is 2.53. The first kappa shape index (κ1) is 12.1. The summed E-state index contributed by atoms with van der Waals surface area (Å²) in [6.07, 6.45) is 3.77. The Kier molecular flexibility index (Phi) is 4.45. The Labute approximate surface area is 98.8 Å². The maximum atomic E-state index is 6.01. The molecule has 1 unspecified atom stereocenters. The van der Waals surface area contributed by atoms with Gasteiger partial charge in [0.1, 0.15) is 0 Å². The van der Waals surface area contributed by atoms with Gasteiger partial charge in [-0.25, -0.2) is 0 Å². The van der Waals surface area contributed by atoms with Crippen molar-refractivity contribution in [3.63, 3.8) is 0 Å². The molecule has 0 N–H and O–H groups in total. The minimum absolute atomic E-state index is 0.550. The summed E-state index contributed by atoms with van der Waals surface area (Å²) in [7, 11) is 1.93. The fourth-order valence-electron chi connectivity index (χ4n) is 1.33. The zero-order valence-electron chi connectivity index (χ0n) is 8.80. The van der Waals surface area contributed by atoms with Gasteiger partial charge in [-0.15, -0.1) is 0 Å². The summed E-state index contributed by atoms with van der Waals surface area (Å²) in [5.41, 5.74) is 1.12. The molecule has 2 nitrogen and oxygen atoms in total. The molecule has 0 spiro atoms. The molecule has 4 heteroatoms. The highest BCUT2D eigenvalue weighted by Crippen LogP contribution is 2.21. The summed E-state index contributed by atoms with van der Waals surface area (Å²) in [6.45, 7) is 4.43. The van der Waals surface area contributed by atoms with E-state index in [-0.39, 0.29) is 0 Å². The summed E-state index contributed by atoms with van der Waals surface area (Å²) in [6, 6.07) is 0. The third kappa shape index (κ3) is 2.99. The number of hydrogen-bond donors (Lipinski definition) is 0. The highest BCUT2D eigenvalue weighted by Gasteiger charge is 2.12. The summed E-state index contributed by atoms with van der Waals surface area (Å²) in [5.74, 6) is 0.655. The lowest BCUT2D eigenvalue weighted by atomic mass is 10.1. The predicted molar refractivity (Wildman–Crippen MR) is 64.1 cm³/mol. The van der Waals surface area contributed by atoms with E-state index in [1.807, 2.05) is 11.7 Å². The lowest BCUT2D eigenvalue weighted by Crippen LogP contribution is -2.10. The Morgan fingerprint density at radius 1 is 1.57 bits per heavy atom. The van der Waals surface area contributed by atoms with Crippen LogP contribution >= 0.6 is 27.5 Å². The normalized spacial score (nSPS) is 13.6. The highest BCUT2D eigenvalue weighted by molar-refractivity contribution is 9.09. The number of aryl methyl sites for hydroxylation is 1. The first-order valence-corrected chi connectivity index (χ1v) is 6.12. The third-order valence-electron chi connectivity index (χ3n) is 2.39. The highest BCUT2D eigenvalue weighted by atomic mass is 79.9. The molecule has 0 aliphatic heterocycles. The van der Waals surface area contributed by atoms with Crippen molar-refractivity contribution in [2.24, 2.45) is 13.0 Å². The minimum Gasteiger partial charge on any atom is -0.271 e. The van der Waals surface area contributed by atoms with E-state index in [0.29, 0.717) is 10.7 Å². The monoisotopic (exact) mass is 278 g/mol. The molecule has 0 radical (unpaired) electrons. The molecule has 0 bridgehead atoms. The van der Waals surface area contributed by atoms with Crippen molar-refractivity contribution in [2.75, 3.05) is 0 Å². The summed E-state index contributed by atoms with van der Waals surface area (Å²) in [4.78, 5) is 0.550. The molecule has 1 atom stereocenters. The van der Waals surface area contributed by atoms with Gasteiger partial charge >= 0.3 is 0 Å². The fraction of sp³-hybridized carbons (Fsp3) is 0.700. The van der Waals surface area contributed by atoms with Crippen LogP contribution in [0.25, 0.3) is 0 Å². The first-order chi connectivity index (χ1) is 6.52. The van der Waals surface area contributed by atoms with Crippen LogP contribution in [0.3, 0.4) is 0 Å². The maximum absolute atomic E-state index is 6.01. The Bertz CT molecular complexity index is 277. The van der Waals surface area contributed by atoms with Crippen molar-refractivity contribution in [3.8, 4) is 0 Å². The summed E-state index contributed by atoms with van der Waals surface area (Å²) in [5, 5.41) is 4.88. The molecule has 14 heavy (non-hydrogen) atoms. The van der Waals surface area contributed by atoms with Crippen LogP contribution in [0.4, 0.5) is 0 Å². The van der Waals surface area contributed by atoms with E-state index in [1.54, 1.807) is 6.20 Å². The molecule has 0 aromatic carbocycles. The molecular formula is C10H16BrClN2. The molecule has 80 valence electrons. The Morgan fingerprint density at radius 3 is 2.64 bits per heavy atom. The maximum Gasteiger partial charge on any atom is 0.0817 e. The van der Waals surface area contributed by atoms with Gasteiger partial charge in [-0.3, -0.25) is 4.68 Å². The average molecular weight is 280 g/mol. The molecule has 0 fully saturated rings. The van der Waals surface area contributed by atoms with Crippen LogP contribution < -0.4 is 0 Å². The van der Waals surface area contributed by atoms with Crippen LogP contribution in [0.15, 0.2) is 6.20 Å². The number of rotatable bonds is 4. The third-order valence-corrected chi connectivity index (χ3v) is 4.22. The Hall–Kier alpha value is -0.0200. The Morgan fingerprint density at radius 2 is 2.21 bits per heavy atom. The van der Waals surface area contributed by atoms with E-state index >= 15 is 0 Å². The molecule has 1 heterocycles. The molecule has 0 aliphatic rings. The van der Waals surface area contributed by atoms with Crippen LogP contribution in [-0.2, 0) is 13.5 Å². The quantitative estimate of drug-likeness (QED) is 0.772. The molecule has 0 saturated carbocycles. The van der Waals surface area contributed by atoms with Gasteiger partial charge in [-0.05, 0) is 18.8 Å². The number of aromatic nitrogens is 2. The number of nitrogens with zero attached hydrogens (tertiary/aromatic N) is 2. The smallest absolute Gasteiger partial charge is 0.0817 e. The van der Waals surface area contributed by atoms with Crippen molar-refractivity contribution in [2.45, 2.75) is 31.5 Å². The van der Waals surface area contributed by atoms with Crippen molar-refractivity contribution in [1.29, 1.82) is 0 Å². The predicted octanol–water partition coefficient (Wildman–Crippen LogP) is 3.43. The van der Waals surface area contributed by atoms with Crippen molar-refractivity contribution in [3.05, 3.63) is 16.9 Å². The van der Waals surface area contributed by atoms with Crippen LogP contribution in [0, 0.1) is 5.92 Å². The summed E-state index contributed by atoms with van der Waals surface area (Å²) >= 11 is 9.67. The number of hydrogen-bond acceptors (Lipinski definition) is 1. The van der Waals surface area contributed by atoms with Gasteiger partial charge in [0.2, 0.25) is 0 Å². The molecule has 0 aliphatic carbocycles. The van der Waals surface area contributed by atoms with Gasteiger partial charge in [0.25, 0.3) is 0 Å². The van der Waals surface area contributed by atoms with Gasteiger partial charge < -0.3 is 0 Å². The second-order valence-corrected chi connectivity index (χ2v) is 5.44. The molecule has 1 aromatic heterocycles. The number of halogens is 2. The SMILES string of the molecule is CC(C)C(Br)CCc1c(Cl)cnn1C. The second-order valence-electron chi connectivity index (χ2n) is 3.86. The molecule has 0 saturated heterocycles. The molecular weight excluding hydrogens is 263 g/mol. The fourth-order valence-corrected chi connectivity index (χ4v) is 1.81. The van der Waals surface area contributed by atoms with Gasteiger partial charge in [0, 0.05) is 11.9 Å². The average Bonchev–Trinajstić information content (AvgIpc) is 2.43. The second kappa shape index (κ2) is 5.17. The van der Waals surface area contributed by atoms with Crippen molar-refractivity contribution < 1.29 is 0 Å². The standard InChI is InChI=1S/C10H16BrClN2/c1-7(2)8(11)4-5-10-9(12)6-13-14(10)3/h6-8H,4-5H2,1-3H3. The zero-order valence-corrected chi connectivity index (χ0v) is 11.1. The van der Waals surface area contributed by atoms with E-state index < -0.39 is 0 Å². The van der Waals surface area contributed by atoms with E-state index in [0.717, 1.165) is 23.6 Å². The van der Waals surface area contributed by atoms with Gasteiger partial charge in [0.05, 0.1) is 16.9 Å². The van der Waals surface area contributed by atoms with Gasteiger partial charge in [0.15, 0.2) is 0 Å². The topological polar surface area (TPSA) is 17.8 Å². The van der Waals surface area contributed by atoms with Crippen LogP contribution in [-0.4, -0.2) is 14.6 Å². The van der Waals surface area contributed by atoms with E-state index in [1.165, 1.54) is 0 Å². The first-order valence-electron chi connectivity index (χ1n) is 4.82. The lowest BCUT2D eigenvalue weighted by Gasteiger charge is -2.13. The van der Waals surface area contributed by atoms with E-state index in [2.05, 4.69) is 34.9 Å². The largest absolute Gasteiger partial charge is 0.271 e. The van der Waals surface area contributed by atoms with Gasteiger partial charge in [-0.1, -0.05) is 41.4 Å². The summed E-state index contributed by atoms with van der Waals surface area (Å²) < 4.78 is 1.85. The molecule has 1 rings (SSSR count).